The summed E-state index contributed by atoms with van der Waals surface area (Å²) >= 11 is 0. The molecule has 5 rings (SSSR count). The van der Waals surface area contributed by atoms with Crippen molar-refractivity contribution in [2.45, 2.75) is 13.1 Å². The molecule has 8 nitrogen and oxygen atoms in total. The van der Waals surface area contributed by atoms with E-state index in [0.29, 0.717) is 28.1 Å². The Morgan fingerprint density at radius 3 is 2.38 bits per heavy atom. The van der Waals surface area contributed by atoms with Gasteiger partial charge in [0.1, 0.15) is 6.33 Å². The Morgan fingerprint density at radius 1 is 0.923 bits per heavy atom. The van der Waals surface area contributed by atoms with Crippen LogP contribution in [0.5, 0.6) is 23.1 Å². The number of nitrogens with one attached hydrogen (secondary N) is 1. The highest BCUT2D eigenvalue weighted by Gasteiger charge is 2.30. The molecule has 0 aliphatic heterocycles. The van der Waals surface area contributed by atoms with Gasteiger partial charge < -0.3 is 19.5 Å². The highest BCUT2D eigenvalue weighted by Crippen LogP contribution is 2.38. The number of fused-ring (bicyclic) bond motifs is 2. The zero-order valence-electron chi connectivity index (χ0n) is 20.8. The average molecular weight is 540 g/mol. The van der Waals surface area contributed by atoms with Gasteiger partial charge in [-0.2, -0.15) is 13.2 Å². The van der Waals surface area contributed by atoms with E-state index in [4.69, 9.17) is 14.2 Å². The van der Waals surface area contributed by atoms with Crippen LogP contribution < -0.4 is 19.5 Å². The number of hydrogen-bond acceptors (Lipinski definition) is 6. The van der Waals surface area contributed by atoms with Crippen LogP contribution in [0, 0.1) is 12.7 Å². The molecule has 0 saturated heterocycles. The van der Waals surface area contributed by atoms with Gasteiger partial charge in [-0.15, -0.1) is 0 Å². The van der Waals surface area contributed by atoms with Crippen molar-refractivity contribution < 1.29 is 36.6 Å². The Bertz CT molecular complexity index is 1730. The Labute approximate surface area is 218 Å². The fourth-order valence-corrected chi connectivity index (χ4v) is 4.20. The molecule has 200 valence electrons. The Morgan fingerprint density at radius 2 is 1.67 bits per heavy atom. The van der Waals surface area contributed by atoms with Crippen molar-refractivity contribution in [2.24, 2.45) is 0 Å². The summed E-state index contributed by atoms with van der Waals surface area (Å²) in [5.41, 5.74) is 0.0674. The van der Waals surface area contributed by atoms with Gasteiger partial charge in [0.15, 0.2) is 23.1 Å². The maximum absolute atomic E-state index is 15.6. The minimum absolute atomic E-state index is 0.0563. The zero-order valence-corrected chi connectivity index (χ0v) is 20.8. The zero-order chi connectivity index (χ0) is 27.9. The largest absolute Gasteiger partial charge is 0.493 e. The van der Waals surface area contributed by atoms with E-state index >= 15 is 4.39 Å². The first kappa shape index (κ1) is 25.8. The molecule has 39 heavy (non-hydrogen) atoms. The molecular formula is C27H20F4N4O4. The number of benzene rings is 3. The van der Waals surface area contributed by atoms with Crippen LogP contribution in [0.25, 0.3) is 21.8 Å². The lowest BCUT2D eigenvalue weighted by Crippen LogP contribution is -2.20. The first-order valence-electron chi connectivity index (χ1n) is 11.4. The van der Waals surface area contributed by atoms with Crippen molar-refractivity contribution in [1.82, 2.24) is 14.5 Å². The summed E-state index contributed by atoms with van der Waals surface area (Å²) in [4.78, 5) is 21.3. The summed E-state index contributed by atoms with van der Waals surface area (Å²) in [6, 6.07) is 11.0. The maximum Gasteiger partial charge on any atom is 0.416 e. The number of rotatable bonds is 5. The van der Waals surface area contributed by atoms with Gasteiger partial charge in [-0.25, -0.2) is 19.2 Å². The van der Waals surface area contributed by atoms with E-state index in [1.54, 1.807) is 19.1 Å². The monoisotopic (exact) mass is 540 g/mol. The van der Waals surface area contributed by atoms with Gasteiger partial charge in [0.2, 0.25) is 5.88 Å². The number of aryl methyl sites for hydroxylation is 1. The van der Waals surface area contributed by atoms with Gasteiger partial charge in [0, 0.05) is 22.8 Å². The molecule has 0 aliphatic carbocycles. The quantitative estimate of drug-likeness (QED) is 0.243. The number of alkyl halides is 3. The van der Waals surface area contributed by atoms with Crippen molar-refractivity contribution in [3.8, 4) is 23.1 Å². The van der Waals surface area contributed by atoms with E-state index in [9.17, 15) is 18.0 Å². The molecule has 0 radical (unpaired) electrons. The molecule has 2 heterocycles. The van der Waals surface area contributed by atoms with E-state index in [1.807, 2.05) is 0 Å². The third-order valence-corrected chi connectivity index (χ3v) is 6.02. The summed E-state index contributed by atoms with van der Waals surface area (Å²) in [6.07, 6.45) is -3.30. The molecule has 1 N–H and O–H groups in total. The maximum atomic E-state index is 15.6. The smallest absolute Gasteiger partial charge is 0.416 e. The third-order valence-electron chi connectivity index (χ3n) is 6.02. The van der Waals surface area contributed by atoms with Crippen molar-refractivity contribution in [2.75, 3.05) is 19.5 Å². The predicted molar refractivity (Wildman–Crippen MR) is 135 cm³/mol. The van der Waals surface area contributed by atoms with Gasteiger partial charge in [-0.3, -0.25) is 4.57 Å². The SMILES string of the molecule is COc1cc2ncnc(Oc3ccc4c(cc(C)n4C(=O)Nc4cccc(C(F)(F)F)c4)c3F)c2cc1OC. The second-order valence-electron chi connectivity index (χ2n) is 8.45. The molecule has 3 aromatic carbocycles. The highest BCUT2D eigenvalue weighted by molar-refractivity contribution is 6.00. The highest BCUT2D eigenvalue weighted by atomic mass is 19.4. The number of methoxy groups -OCH3 is 2. The number of amides is 1. The fourth-order valence-electron chi connectivity index (χ4n) is 4.20. The molecule has 0 unspecified atom stereocenters. The van der Waals surface area contributed by atoms with Gasteiger partial charge in [-0.1, -0.05) is 6.07 Å². The lowest BCUT2D eigenvalue weighted by Gasteiger charge is -2.13. The molecular weight excluding hydrogens is 520 g/mol. The summed E-state index contributed by atoms with van der Waals surface area (Å²) in [7, 11) is 2.96. The average Bonchev–Trinajstić information content (AvgIpc) is 3.26. The number of halogens is 4. The van der Waals surface area contributed by atoms with E-state index < -0.39 is 23.6 Å². The number of ether oxygens (including phenoxy) is 3. The molecule has 12 heteroatoms. The van der Waals surface area contributed by atoms with Crippen LogP contribution in [-0.4, -0.2) is 34.8 Å². The molecule has 2 aromatic heterocycles. The number of anilines is 1. The fraction of sp³-hybridized carbons (Fsp3) is 0.148. The van der Waals surface area contributed by atoms with Gasteiger partial charge >= 0.3 is 12.2 Å². The Kier molecular flexibility index (Phi) is 6.46. The van der Waals surface area contributed by atoms with Crippen LogP contribution in [0.1, 0.15) is 11.3 Å². The van der Waals surface area contributed by atoms with Crippen LogP contribution in [0.3, 0.4) is 0 Å². The van der Waals surface area contributed by atoms with E-state index in [1.165, 1.54) is 55.4 Å². The third kappa shape index (κ3) is 4.76. The summed E-state index contributed by atoms with van der Waals surface area (Å²) in [6.45, 7) is 1.57. The van der Waals surface area contributed by atoms with Crippen molar-refractivity contribution in [3.05, 3.63) is 78.0 Å². The second-order valence-corrected chi connectivity index (χ2v) is 8.45. The van der Waals surface area contributed by atoms with Gasteiger partial charge in [0.05, 0.1) is 36.2 Å². The van der Waals surface area contributed by atoms with Crippen LogP contribution in [0.15, 0.2) is 60.9 Å². The summed E-state index contributed by atoms with van der Waals surface area (Å²) in [5.74, 6) is 0.00126. The van der Waals surface area contributed by atoms with Gasteiger partial charge in [-0.05, 0) is 49.4 Å². The molecule has 5 aromatic rings. The Hall–Kier alpha value is -4.87. The van der Waals surface area contributed by atoms with E-state index in [0.717, 1.165) is 12.1 Å². The first-order chi connectivity index (χ1) is 18.6. The molecule has 0 bridgehead atoms. The van der Waals surface area contributed by atoms with Crippen molar-refractivity contribution in [3.63, 3.8) is 0 Å². The number of carbonyl (C=O) groups is 1. The van der Waals surface area contributed by atoms with E-state index in [2.05, 4.69) is 15.3 Å². The minimum atomic E-state index is -4.57. The predicted octanol–water partition coefficient (Wildman–Crippen LogP) is 6.94. The second kappa shape index (κ2) is 9.78. The molecule has 0 saturated carbocycles. The standard InChI is InChI=1S/C27H20F4N4O4/c1-14-9-18-20(35(14)26(36)34-16-6-4-5-15(10-16)27(29,30)31)7-8-21(24(18)28)39-25-17-11-22(37-2)23(38-3)12-19(17)32-13-33-25/h4-13H,1-3H3,(H,34,36). The Balaban J connectivity index is 1.49. The normalized spacial score (nSPS) is 11.6. The van der Waals surface area contributed by atoms with Crippen molar-refractivity contribution >= 4 is 33.5 Å². The van der Waals surface area contributed by atoms with Crippen LogP contribution >= 0.6 is 0 Å². The number of carbonyl (C=O) groups excluding carboxylic acids is 1. The topological polar surface area (TPSA) is 87.5 Å². The van der Waals surface area contributed by atoms with Crippen molar-refractivity contribution in [1.29, 1.82) is 0 Å². The molecule has 1 amide bonds. The van der Waals surface area contributed by atoms with Gasteiger partial charge in [0.25, 0.3) is 0 Å². The minimum Gasteiger partial charge on any atom is -0.493 e. The molecule has 0 fully saturated rings. The lowest BCUT2D eigenvalue weighted by atomic mass is 10.2. The van der Waals surface area contributed by atoms with Crippen LogP contribution in [0.4, 0.5) is 28.0 Å². The summed E-state index contributed by atoms with van der Waals surface area (Å²) < 4.78 is 72.4. The number of nitrogens with zero attached hydrogens (tertiary/aromatic N) is 3. The molecule has 0 atom stereocenters. The summed E-state index contributed by atoms with van der Waals surface area (Å²) in [5, 5.41) is 2.95. The van der Waals surface area contributed by atoms with Crippen LogP contribution in [-0.2, 0) is 6.18 Å². The van der Waals surface area contributed by atoms with E-state index in [-0.39, 0.29) is 28.2 Å². The lowest BCUT2D eigenvalue weighted by molar-refractivity contribution is -0.137. The number of hydrogen-bond donors (Lipinski definition) is 1. The first-order valence-corrected chi connectivity index (χ1v) is 11.4. The number of aromatic nitrogens is 3. The molecule has 0 spiro atoms. The van der Waals surface area contributed by atoms with Crippen LogP contribution in [0.2, 0.25) is 0 Å². The molecule has 0 aliphatic rings.